The third-order valence-electron chi connectivity index (χ3n) is 5.01. The fourth-order valence-corrected chi connectivity index (χ4v) is 3.34. The lowest BCUT2D eigenvalue weighted by Gasteiger charge is -2.37. The summed E-state index contributed by atoms with van der Waals surface area (Å²) < 4.78 is 5.69. The van der Waals surface area contributed by atoms with E-state index in [1.807, 2.05) is 33.2 Å². The van der Waals surface area contributed by atoms with Crippen LogP contribution in [0.2, 0.25) is 0 Å². The number of nitrogens with two attached hydrogens (primary N) is 1. The summed E-state index contributed by atoms with van der Waals surface area (Å²) in [7, 11) is 4.06. The van der Waals surface area contributed by atoms with Gasteiger partial charge in [0.05, 0.1) is 5.92 Å². The molecule has 2 rings (SSSR count). The van der Waals surface area contributed by atoms with Crippen molar-refractivity contribution in [1.29, 1.82) is 0 Å². The van der Waals surface area contributed by atoms with Gasteiger partial charge in [-0.1, -0.05) is 25.0 Å². The lowest BCUT2D eigenvalue weighted by atomic mass is 9.74. The molecular formula is C20H33N3O2. The highest BCUT2D eigenvalue weighted by atomic mass is 16.5. The maximum absolute atomic E-state index is 12.4. The van der Waals surface area contributed by atoms with Gasteiger partial charge in [0.15, 0.2) is 0 Å². The van der Waals surface area contributed by atoms with E-state index in [4.69, 9.17) is 10.5 Å². The Bertz CT molecular complexity index is 540. The van der Waals surface area contributed by atoms with Crippen molar-refractivity contribution >= 4 is 5.91 Å². The summed E-state index contributed by atoms with van der Waals surface area (Å²) in [5.41, 5.74) is 7.13. The van der Waals surface area contributed by atoms with Gasteiger partial charge >= 0.3 is 0 Å². The van der Waals surface area contributed by atoms with E-state index in [1.54, 1.807) is 0 Å². The smallest absolute Gasteiger partial charge is 0.224 e. The maximum atomic E-state index is 12.4. The first kappa shape index (κ1) is 19.7. The summed E-state index contributed by atoms with van der Waals surface area (Å²) in [6, 6.07) is 8.10. The average molecular weight is 348 g/mol. The quantitative estimate of drug-likeness (QED) is 0.756. The van der Waals surface area contributed by atoms with Crippen molar-refractivity contribution in [1.82, 2.24) is 10.2 Å². The van der Waals surface area contributed by atoms with Crippen molar-refractivity contribution in [2.45, 2.75) is 44.6 Å². The van der Waals surface area contributed by atoms with Gasteiger partial charge in [0, 0.05) is 18.6 Å². The number of carbonyl (C=O) groups is 1. The standard InChI is InChI=1S/C20H33N3O2/c1-20(21)12-5-4-6-18(20)19(24)22-13-11-16-7-9-17(10-8-16)25-15-14-23(2)3/h7-10,18H,4-6,11-15,21H2,1-3H3,(H,22,24). The van der Waals surface area contributed by atoms with E-state index in [2.05, 4.69) is 22.3 Å². The Balaban J connectivity index is 1.73. The van der Waals surface area contributed by atoms with Crippen molar-refractivity contribution < 1.29 is 9.53 Å². The molecule has 1 aromatic rings. The summed E-state index contributed by atoms with van der Waals surface area (Å²) in [6.45, 7) is 4.23. The fraction of sp³-hybridized carbons (Fsp3) is 0.650. The van der Waals surface area contributed by atoms with E-state index in [0.717, 1.165) is 44.4 Å². The number of hydrogen-bond acceptors (Lipinski definition) is 4. The van der Waals surface area contributed by atoms with Crippen LogP contribution in [-0.4, -0.2) is 50.1 Å². The van der Waals surface area contributed by atoms with E-state index >= 15 is 0 Å². The lowest BCUT2D eigenvalue weighted by molar-refractivity contribution is -0.128. The molecule has 0 radical (unpaired) electrons. The van der Waals surface area contributed by atoms with Gasteiger partial charge in [0.25, 0.3) is 0 Å². The van der Waals surface area contributed by atoms with Crippen LogP contribution in [0.5, 0.6) is 5.75 Å². The third kappa shape index (κ3) is 6.33. The lowest BCUT2D eigenvalue weighted by Crippen LogP contribution is -2.53. The second-order valence-electron chi connectivity index (χ2n) is 7.64. The monoisotopic (exact) mass is 347 g/mol. The summed E-state index contributed by atoms with van der Waals surface area (Å²) >= 11 is 0. The molecule has 1 aliphatic carbocycles. The maximum Gasteiger partial charge on any atom is 0.224 e. The summed E-state index contributed by atoms with van der Waals surface area (Å²) in [5, 5.41) is 3.06. The number of carbonyl (C=O) groups excluding carboxylic acids is 1. The van der Waals surface area contributed by atoms with E-state index in [0.29, 0.717) is 13.2 Å². The zero-order chi connectivity index (χ0) is 18.3. The Morgan fingerprint density at radius 3 is 2.68 bits per heavy atom. The van der Waals surface area contributed by atoms with Gasteiger partial charge in [-0.2, -0.15) is 0 Å². The summed E-state index contributed by atoms with van der Waals surface area (Å²) in [6.07, 6.45) is 4.87. The van der Waals surface area contributed by atoms with Crippen LogP contribution in [0.1, 0.15) is 38.2 Å². The van der Waals surface area contributed by atoms with Crippen LogP contribution in [-0.2, 0) is 11.2 Å². The molecule has 1 saturated carbocycles. The first-order chi connectivity index (χ1) is 11.9. The van der Waals surface area contributed by atoms with Gasteiger partial charge in [-0.3, -0.25) is 4.79 Å². The Morgan fingerprint density at radius 1 is 1.32 bits per heavy atom. The first-order valence-electron chi connectivity index (χ1n) is 9.31. The number of likely N-dealkylation sites (N-methyl/N-ethyl adjacent to an activating group) is 1. The molecule has 1 amide bonds. The largest absolute Gasteiger partial charge is 0.492 e. The van der Waals surface area contributed by atoms with E-state index in [1.165, 1.54) is 5.56 Å². The highest BCUT2D eigenvalue weighted by Crippen LogP contribution is 2.31. The first-order valence-corrected chi connectivity index (χ1v) is 9.31. The molecule has 0 bridgehead atoms. The van der Waals surface area contributed by atoms with Crippen molar-refractivity contribution in [3.05, 3.63) is 29.8 Å². The Labute approximate surface area is 151 Å². The normalized spacial score (nSPS) is 23.5. The minimum Gasteiger partial charge on any atom is -0.492 e. The predicted octanol–water partition coefficient (Wildman–Crippen LogP) is 2.19. The minimum absolute atomic E-state index is 0.0614. The molecule has 0 heterocycles. The number of ether oxygens (including phenoxy) is 1. The zero-order valence-electron chi connectivity index (χ0n) is 15.9. The van der Waals surface area contributed by atoms with Crippen LogP contribution in [0.15, 0.2) is 24.3 Å². The van der Waals surface area contributed by atoms with Gasteiger partial charge < -0.3 is 20.7 Å². The summed E-state index contributed by atoms with van der Waals surface area (Å²) in [5.74, 6) is 0.929. The highest BCUT2D eigenvalue weighted by Gasteiger charge is 2.37. The third-order valence-corrected chi connectivity index (χ3v) is 5.01. The molecule has 1 aromatic carbocycles. The Morgan fingerprint density at radius 2 is 2.04 bits per heavy atom. The molecule has 0 saturated heterocycles. The zero-order valence-corrected chi connectivity index (χ0v) is 15.9. The van der Waals surface area contributed by atoms with Crippen LogP contribution >= 0.6 is 0 Å². The highest BCUT2D eigenvalue weighted by molar-refractivity contribution is 5.80. The summed E-state index contributed by atoms with van der Waals surface area (Å²) in [4.78, 5) is 14.5. The number of benzene rings is 1. The fourth-order valence-electron chi connectivity index (χ4n) is 3.34. The van der Waals surface area contributed by atoms with Crippen molar-refractivity contribution in [2.24, 2.45) is 11.7 Å². The van der Waals surface area contributed by atoms with E-state index in [9.17, 15) is 4.79 Å². The number of nitrogens with one attached hydrogen (secondary N) is 1. The molecule has 140 valence electrons. The van der Waals surface area contributed by atoms with Crippen LogP contribution in [0.25, 0.3) is 0 Å². The van der Waals surface area contributed by atoms with Crippen LogP contribution in [0.4, 0.5) is 0 Å². The number of hydrogen-bond donors (Lipinski definition) is 2. The topological polar surface area (TPSA) is 67.6 Å². The van der Waals surface area contributed by atoms with Gasteiger partial charge in [0.1, 0.15) is 12.4 Å². The Kier molecular flexibility index (Phi) is 7.26. The predicted molar refractivity (Wildman–Crippen MR) is 102 cm³/mol. The molecule has 1 fully saturated rings. The van der Waals surface area contributed by atoms with Crippen molar-refractivity contribution in [3.63, 3.8) is 0 Å². The Hall–Kier alpha value is -1.59. The molecule has 0 spiro atoms. The van der Waals surface area contributed by atoms with E-state index < -0.39 is 0 Å². The average Bonchev–Trinajstić information content (AvgIpc) is 2.55. The second-order valence-corrected chi connectivity index (χ2v) is 7.64. The molecule has 5 heteroatoms. The van der Waals surface area contributed by atoms with E-state index in [-0.39, 0.29) is 17.4 Å². The second kappa shape index (κ2) is 9.20. The number of nitrogens with zero attached hydrogens (tertiary/aromatic N) is 1. The molecular weight excluding hydrogens is 314 g/mol. The molecule has 1 aliphatic rings. The molecule has 0 aliphatic heterocycles. The van der Waals surface area contributed by atoms with Crippen molar-refractivity contribution in [2.75, 3.05) is 33.8 Å². The van der Waals surface area contributed by atoms with Crippen LogP contribution < -0.4 is 15.8 Å². The van der Waals surface area contributed by atoms with Crippen molar-refractivity contribution in [3.8, 4) is 5.75 Å². The van der Waals surface area contributed by atoms with Crippen LogP contribution in [0, 0.1) is 5.92 Å². The minimum atomic E-state index is -0.367. The molecule has 5 nitrogen and oxygen atoms in total. The molecule has 2 atom stereocenters. The molecule has 25 heavy (non-hydrogen) atoms. The number of rotatable bonds is 8. The van der Waals surface area contributed by atoms with Crippen LogP contribution in [0.3, 0.4) is 0 Å². The molecule has 0 aromatic heterocycles. The molecule has 2 unspecified atom stereocenters. The SMILES string of the molecule is CN(C)CCOc1ccc(CCNC(=O)C2CCCCC2(C)N)cc1. The number of amides is 1. The van der Waals surface area contributed by atoms with Gasteiger partial charge in [-0.15, -0.1) is 0 Å². The van der Waals surface area contributed by atoms with Gasteiger partial charge in [0.2, 0.25) is 5.91 Å². The van der Waals surface area contributed by atoms with Gasteiger partial charge in [-0.05, 0) is 58.0 Å². The van der Waals surface area contributed by atoms with Gasteiger partial charge in [-0.25, -0.2) is 0 Å². The molecule has 3 N–H and O–H groups in total.